The zero-order valence-corrected chi connectivity index (χ0v) is 11.8. The maximum atomic E-state index is 10.2. The first-order chi connectivity index (χ1) is 8.30. The molecule has 0 aliphatic heterocycles. The molecule has 18 heavy (non-hydrogen) atoms. The highest BCUT2D eigenvalue weighted by Crippen LogP contribution is 2.19. The third-order valence-electron chi connectivity index (χ3n) is 2.90. The minimum atomic E-state index is -0.701. The van der Waals surface area contributed by atoms with Crippen LogP contribution in [-0.2, 0) is 6.54 Å². The third kappa shape index (κ3) is 5.07. The first kappa shape index (κ1) is 15.0. The summed E-state index contributed by atoms with van der Waals surface area (Å²) >= 11 is 0. The molecule has 0 spiro atoms. The molecule has 1 unspecified atom stereocenters. The Kier molecular flexibility index (Phi) is 5.17. The molecule has 0 heterocycles. The van der Waals surface area contributed by atoms with Gasteiger partial charge in [-0.05, 0) is 32.3 Å². The molecule has 1 atom stereocenters. The van der Waals surface area contributed by atoms with Crippen LogP contribution in [0.3, 0.4) is 0 Å². The van der Waals surface area contributed by atoms with Crippen LogP contribution < -0.4 is 5.32 Å². The minimum absolute atomic E-state index is 0.302. The summed E-state index contributed by atoms with van der Waals surface area (Å²) in [6, 6.07) is 5.55. The number of hydrogen-bond donors (Lipinski definition) is 3. The Morgan fingerprint density at radius 3 is 2.61 bits per heavy atom. The molecule has 1 aromatic rings. The largest absolute Gasteiger partial charge is 0.508 e. The number of hydrogen-bond acceptors (Lipinski definition) is 3. The standard InChI is InChI=1S/C15H25NO2/c1-11(2)8-15(4,18)10-16-9-13-7-12(3)5-6-14(13)17/h5-7,11,16-18H,8-10H2,1-4H3. The van der Waals surface area contributed by atoms with Gasteiger partial charge in [-0.25, -0.2) is 0 Å². The van der Waals surface area contributed by atoms with Crippen molar-refractivity contribution in [2.45, 2.75) is 46.3 Å². The SMILES string of the molecule is Cc1ccc(O)c(CNCC(C)(O)CC(C)C)c1. The molecule has 0 saturated heterocycles. The lowest BCUT2D eigenvalue weighted by Crippen LogP contribution is -2.38. The van der Waals surface area contributed by atoms with Crippen molar-refractivity contribution in [1.29, 1.82) is 0 Å². The van der Waals surface area contributed by atoms with Gasteiger partial charge in [0, 0.05) is 18.7 Å². The molecular weight excluding hydrogens is 226 g/mol. The maximum absolute atomic E-state index is 10.2. The molecular formula is C15H25NO2. The number of aryl methyl sites for hydroxylation is 1. The monoisotopic (exact) mass is 251 g/mol. The molecule has 3 N–H and O–H groups in total. The number of aromatic hydroxyl groups is 1. The van der Waals surface area contributed by atoms with Crippen molar-refractivity contribution in [3.05, 3.63) is 29.3 Å². The molecule has 102 valence electrons. The number of aliphatic hydroxyl groups is 1. The summed E-state index contributed by atoms with van der Waals surface area (Å²) in [5.41, 5.74) is 1.29. The van der Waals surface area contributed by atoms with Crippen molar-refractivity contribution < 1.29 is 10.2 Å². The highest BCUT2D eigenvalue weighted by Gasteiger charge is 2.21. The lowest BCUT2D eigenvalue weighted by Gasteiger charge is -2.25. The van der Waals surface area contributed by atoms with Crippen LogP contribution in [0.5, 0.6) is 5.75 Å². The molecule has 0 aliphatic carbocycles. The normalized spacial score (nSPS) is 14.8. The van der Waals surface area contributed by atoms with E-state index in [0.29, 0.717) is 24.8 Å². The molecule has 0 saturated carbocycles. The van der Waals surface area contributed by atoms with Crippen molar-refractivity contribution in [1.82, 2.24) is 5.32 Å². The van der Waals surface area contributed by atoms with Gasteiger partial charge in [0.2, 0.25) is 0 Å². The second-order valence-electron chi connectivity index (χ2n) is 5.83. The van der Waals surface area contributed by atoms with E-state index in [2.05, 4.69) is 19.2 Å². The van der Waals surface area contributed by atoms with Crippen LogP contribution >= 0.6 is 0 Å². The average molecular weight is 251 g/mol. The highest BCUT2D eigenvalue weighted by molar-refractivity contribution is 5.35. The summed E-state index contributed by atoms with van der Waals surface area (Å²) in [5.74, 6) is 0.769. The van der Waals surface area contributed by atoms with Crippen LogP contribution in [-0.4, -0.2) is 22.4 Å². The Bertz CT molecular complexity index is 386. The molecule has 1 aromatic carbocycles. The topological polar surface area (TPSA) is 52.5 Å². The highest BCUT2D eigenvalue weighted by atomic mass is 16.3. The Morgan fingerprint density at radius 1 is 1.33 bits per heavy atom. The summed E-state index contributed by atoms with van der Waals surface area (Å²) in [5, 5.41) is 23.1. The van der Waals surface area contributed by atoms with Crippen LogP contribution in [0.1, 0.15) is 38.3 Å². The quantitative estimate of drug-likeness (QED) is 0.728. The zero-order valence-electron chi connectivity index (χ0n) is 11.8. The lowest BCUT2D eigenvalue weighted by molar-refractivity contribution is 0.0383. The van der Waals surface area contributed by atoms with E-state index in [0.717, 1.165) is 17.5 Å². The van der Waals surface area contributed by atoms with Gasteiger partial charge >= 0.3 is 0 Å². The molecule has 0 fully saturated rings. The third-order valence-corrected chi connectivity index (χ3v) is 2.90. The van der Waals surface area contributed by atoms with Crippen molar-refractivity contribution in [3.63, 3.8) is 0 Å². The second-order valence-corrected chi connectivity index (χ2v) is 5.83. The molecule has 0 radical (unpaired) electrons. The Labute approximate surface area is 110 Å². The van der Waals surface area contributed by atoms with Gasteiger partial charge in [0.25, 0.3) is 0 Å². The average Bonchev–Trinajstić information content (AvgIpc) is 2.21. The van der Waals surface area contributed by atoms with E-state index in [1.807, 2.05) is 26.0 Å². The predicted molar refractivity (Wildman–Crippen MR) is 74.6 cm³/mol. The number of nitrogens with one attached hydrogen (secondary N) is 1. The van der Waals surface area contributed by atoms with Crippen LogP contribution in [0.4, 0.5) is 0 Å². The summed E-state index contributed by atoms with van der Waals surface area (Å²) in [6.07, 6.45) is 0.764. The predicted octanol–water partition coefficient (Wildman–Crippen LogP) is 2.59. The van der Waals surface area contributed by atoms with Gasteiger partial charge in [-0.15, -0.1) is 0 Å². The van der Waals surface area contributed by atoms with Gasteiger partial charge in [0.05, 0.1) is 5.60 Å². The van der Waals surface area contributed by atoms with E-state index < -0.39 is 5.60 Å². The summed E-state index contributed by atoms with van der Waals surface area (Å²) < 4.78 is 0. The summed E-state index contributed by atoms with van der Waals surface area (Å²) in [7, 11) is 0. The molecule has 3 heteroatoms. The minimum Gasteiger partial charge on any atom is -0.508 e. The molecule has 0 aliphatic rings. The van der Waals surface area contributed by atoms with E-state index >= 15 is 0 Å². The summed E-state index contributed by atoms with van der Waals surface area (Å²) in [4.78, 5) is 0. The fourth-order valence-electron chi connectivity index (χ4n) is 2.27. The first-order valence-corrected chi connectivity index (χ1v) is 6.52. The Balaban J connectivity index is 2.48. The maximum Gasteiger partial charge on any atom is 0.120 e. The van der Waals surface area contributed by atoms with Gasteiger partial charge in [0.15, 0.2) is 0 Å². The molecule has 3 nitrogen and oxygen atoms in total. The smallest absolute Gasteiger partial charge is 0.120 e. The van der Waals surface area contributed by atoms with Crippen LogP contribution in [0.25, 0.3) is 0 Å². The van der Waals surface area contributed by atoms with Gasteiger partial charge in [0.1, 0.15) is 5.75 Å². The molecule has 1 rings (SSSR count). The summed E-state index contributed by atoms with van der Waals surface area (Å²) in [6.45, 7) is 9.13. The Morgan fingerprint density at radius 2 is 2.00 bits per heavy atom. The van der Waals surface area contributed by atoms with Crippen molar-refractivity contribution in [2.75, 3.05) is 6.54 Å². The van der Waals surface area contributed by atoms with E-state index in [4.69, 9.17) is 0 Å². The van der Waals surface area contributed by atoms with Crippen molar-refractivity contribution in [3.8, 4) is 5.75 Å². The van der Waals surface area contributed by atoms with Gasteiger partial charge < -0.3 is 15.5 Å². The first-order valence-electron chi connectivity index (χ1n) is 6.52. The Hall–Kier alpha value is -1.06. The van der Waals surface area contributed by atoms with Crippen LogP contribution in [0.15, 0.2) is 18.2 Å². The number of rotatable bonds is 6. The lowest BCUT2D eigenvalue weighted by atomic mass is 9.94. The van der Waals surface area contributed by atoms with Gasteiger partial charge in [-0.2, -0.15) is 0 Å². The van der Waals surface area contributed by atoms with Gasteiger partial charge in [-0.1, -0.05) is 31.5 Å². The molecule has 0 aromatic heterocycles. The molecule has 0 bridgehead atoms. The van der Waals surface area contributed by atoms with Crippen molar-refractivity contribution >= 4 is 0 Å². The number of phenols is 1. The number of benzene rings is 1. The van der Waals surface area contributed by atoms with E-state index in [1.54, 1.807) is 6.07 Å². The second kappa shape index (κ2) is 6.21. The fraction of sp³-hybridized carbons (Fsp3) is 0.600. The number of phenolic OH excluding ortho intramolecular Hbond substituents is 1. The fourth-order valence-corrected chi connectivity index (χ4v) is 2.27. The van der Waals surface area contributed by atoms with Crippen LogP contribution in [0.2, 0.25) is 0 Å². The van der Waals surface area contributed by atoms with E-state index in [-0.39, 0.29) is 0 Å². The van der Waals surface area contributed by atoms with E-state index in [1.165, 1.54) is 0 Å². The molecule has 0 amide bonds. The van der Waals surface area contributed by atoms with Crippen LogP contribution in [0, 0.1) is 12.8 Å². The zero-order chi connectivity index (χ0) is 13.8. The van der Waals surface area contributed by atoms with E-state index in [9.17, 15) is 10.2 Å². The van der Waals surface area contributed by atoms with Gasteiger partial charge in [-0.3, -0.25) is 0 Å². The van der Waals surface area contributed by atoms with Crippen molar-refractivity contribution in [2.24, 2.45) is 5.92 Å².